The third-order valence-corrected chi connectivity index (χ3v) is 4.74. The average molecular weight is 282 g/mol. The minimum Gasteiger partial charge on any atom is -0.444 e. The summed E-state index contributed by atoms with van der Waals surface area (Å²) in [5, 5.41) is 2.92. The number of alkyl carbamates (subject to hydrolysis) is 1. The van der Waals surface area contributed by atoms with Gasteiger partial charge < -0.3 is 15.8 Å². The molecule has 0 heterocycles. The molecule has 4 heteroatoms. The van der Waals surface area contributed by atoms with E-state index in [9.17, 15) is 4.79 Å². The molecular formula is C16H30N2O2. The predicted molar refractivity (Wildman–Crippen MR) is 80.5 cm³/mol. The van der Waals surface area contributed by atoms with Crippen LogP contribution in [0.4, 0.5) is 4.79 Å². The molecule has 0 aromatic carbocycles. The van der Waals surface area contributed by atoms with Crippen LogP contribution in [-0.2, 0) is 4.74 Å². The molecule has 2 saturated carbocycles. The maximum atomic E-state index is 11.8. The van der Waals surface area contributed by atoms with E-state index in [2.05, 4.69) is 5.32 Å². The van der Waals surface area contributed by atoms with Gasteiger partial charge in [-0.1, -0.05) is 19.3 Å². The molecule has 2 aliphatic rings. The molecule has 2 rings (SSSR count). The Bertz CT molecular complexity index is 339. The number of rotatable bonds is 4. The molecule has 0 saturated heterocycles. The number of carbonyl (C=O) groups is 1. The highest BCUT2D eigenvalue weighted by Crippen LogP contribution is 2.51. The van der Waals surface area contributed by atoms with E-state index < -0.39 is 5.60 Å². The Hall–Kier alpha value is -0.770. The summed E-state index contributed by atoms with van der Waals surface area (Å²) < 4.78 is 5.30. The Morgan fingerprint density at radius 3 is 2.40 bits per heavy atom. The second kappa shape index (κ2) is 5.92. The van der Waals surface area contributed by atoms with Crippen molar-refractivity contribution in [1.82, 2.24) is 5.32 Å². The van der Waals surface area contributed by atoms with Crippen LogP contribution in [0.5, 0.6) is 0 Å². The van der Waals surface area contributed by atoms with Crippen molar-refractivity contribution in [2.24, 2.45) is 17.1 Å². The SMILES string of the molecule is CC(C)(C)OC(=O)NCC1(C(N)C2CCCCC2)CC1. The standard InChI is InChI=1S/C16H30N2O2/c1-15(2,3)20-14(19)18-11-16(9-10-16)13(17)12-7-5-4-6-8-12/h12-13H,4-11,17H2,1-3H3,(H,18,19). The molecular weight excluding hydrogens is 252 g/mol. The number of carbonyl (C=O) groups excluding carboxylic acids is 1. The van der Waals surface area contributed by atoms with Crippen molar-refractivity contribution in [2.75, 3.05) is 6.54 Å². The molecule has 2 aliphatic carbocycles. The van der Waals surface area contributed by atoms with Gasteiger partial charge in [-0.05, 0) is 52.4 Å². The van der Waals surface area contributed by atoms with Gasteiger partial charge in [0.15, 0.2) is 0 Å². The summed E-state index contributed by atoms with van der Waals surface area (Å²) in [6, 6.07) is 0.234. The van der Waals surface area contributed by atoms with Gasteiger partial charge in [0.25, 0.3) is 0 Å². The van der Waals surface area contributed by atoms with Crippen LogP contribution >= 0.6 is 0 Å². The summed E-state index contributed by atoms with van der Waals surface area (Å²) in [7, 11) is 0. The number of nitrogens with one attached hydrogen (secondary N) is 1. The summed E-state index contributed by atoms with van der Waals surface area (Å²) in [4.78, 5) is 11.8. The largest absolute Gasteiger partial charge is 0.444 e. The predicted octanol–water partition coefficient (Wildman–Crippen LogP) is 3.20. The number of nitrogens with two attached hydrogens (primary N) is 1. The van der Waals surface area contributed by atoms with Gasteiger partial charge >= 0.3 is 6.09 Å². The Kier molecular flexibility index (Phi) is 4.62. The van der Waals surface area contributed by atoms with Crippen molar-refractivity contribution >= 4 is 6.09 Å². The van der Waals surface area contributed by atoms with Crippen LogP contribution in [0.3, 0.4) is 0 Å². The minimum atomic E-state index is -0.438. The van der Waals surface area contributed by atoms with Gasteiger partial charge in [-0.25, -0.2) is 4.79 Å². The van der Waals surface area contributed by atoms with Gasteiger partial charge in [-0.2, -0.15) is 0 Å². The van der Waals surface area contributed by atoms with E-state index in [4.69, 9.17) is 10.5 Å². The smallest absolute Gasteiger partial charge is 0.407 e. The Labute approximate surface area is 122 Å². The van der Waals surface area contributed by atoms with E-state index >= 15 is 0 Å². The van der Waals surface area contributed by atoms with Gasteiger partial charge in [0.1, 0.15) is 5.60 Å². The van der Waals surface area contributed by atoms with Crippen molar-refractivity contribution in [3.8, 4) is 0 Å². The number of amides is 1. The van der Waals surface area contributed by atoms with Crippen LogP contribution < -0.4 is 11.1 Å². The molecule has 1 amide bonds. The fourth-order valence-corrected chi connectivity index (χ4v) is 3.34. The average Bonchev–Trinajstić information content (AvgIpc) is 3.16. The maximum absolute atomic E-state index is 11.8. The summed E-state index contributed by atoms with van der Waals surface area (Å²) in [6.07, 6.45) is 8.46. The summed E-state index contributed by atoms with van der Waals surface area (Å²) in [5.74, 6) is 0.645. The van der Waals surface area contributed by atoms with E-state index in [1.807, 2.05) is 20.8 Å². The van der Waals surface area contributed by atoms with Crippen molar-refractivity contribution < 1.29 is 9.53 Å². The van der Waals surface area contributed by atoms with Crippen LogP contribution in [0.25, 0.3) is 0 Å². The highest BCUT2D eigenvalue weighted by Gasteiger charge is 2.50. The van der Waals surface area contributed by atoms with E-state index in [0.29, 0.717) is 12.5 Å². The van der Waals surface area contributed by atoms with Crippen molar-refractivity contribution in [3.63, 3.8) is 0 Å². The molecule has 0 spiro atoms. The Morgan fingerprint density at radius 2 is 1.90 bits per heavy atom. The first-order chi connectivity index (χ1) is 9.32. The normalized spacial score (nSPS) is 24.0. The van der Waals surface area contributed by atoms with Gasteiger partial charge in [0.05, 0.1) is 0 Å². The molecule has 3 N–H and O–H groups in total. The Morgan fingerprint density at radius 1 is 1.30 bits per heavy atom. The summed E-state index contributed by atoms with van der Waals surface area (Å²) >= 11 is 0. The van der Waals surface area contributed by atoms with Crippen molar-refractivity contribution in [2.45, 2.75) is 77.4 Å². The van der Waals surface area contributed by atoms with Gasteiger partial charge in [0, 0.05) is 18.0 Å². The van der Waals surface area contributed by atoms with Crippen LogP contribution in [0.1, 0.15) is 65.7 Å². The van der Waals surface area contributed by atoms with Gasteiger partial charge in [-0.3, -0.25) is 0 Å². The lowest BCUT2D eigenvalue weighted by Crippen LogP contribution is -2.46. The molecule has 0 radical (unpaired) electrons. The minimum absolute atomic E-state index is 0.138. The molecule has 4 nitrogen and oxygen atoms in total. The van der Waals surface area contributed by atoms with E-state index in [-0.39, 0.29) is 17.6 Å². The molecule has 20 heavy (non-hydrogen) atoms. The third kappa shape index (κ3) is 4.11. The summed E-state index contributed by atoms with van der Waals surface area (Å²) in [5.41, 5.74) is 6.21. The molecule has 1 unspecified atom stereocenters. The van der Waals surface area contributed by atoms with Crippen LogP contribution in [0, 0.1) is 11.3 Å². The second-order valence-corrected chi connectivity index (χ2v) is 7.64. The van der Waals surface area contributed by atoms with Gasteiger partial charge in [-0.15, -0.1) is 0 Å². The first-order valence-corrected chi connectivity index (χ1v) is 8.05. The third-order valence-electron chi connectivity index (χ3n) is 4.74. The monoisotopic (exact) mass is 282 g/mol. The first kappa shape index (κ1) is 15.6. The molecule has 0 aliphatic heterocycles. The van der Waals surface area contributed by atoms with Crippen LogP contribution in [0.2, 0.25) is 0 Å². The fourth-order valence-electron chi connectivity index (χ4n) is 3.34. The van der Waals surface area contributed by atoms with Gasteiger partial charge in [0.2, 0.25) is 0 Å². The topological polar surface area (TPSA) is 64.3 Å². The number of ether oxygens (including phenoxy) is 1. The zero-order chi connectivity index (χ0) is 14.8. The zero-order valence-corrected chi connectivity index (χ0v) is 13.2. The van der Waals surface area contributed by atoms with E-state index in [1.165, 1.54) is 32.1 Å². The van der Waals surface area contributed by atoms with Crippen LogP contribution in [0.15, 0.2) is 0 Å². The molecule has 2 fully saturated rings. The van der Waals surface area contributed by atoms with Crippen LogP contribution in [-0.4, -0.2) is 24.3 Å². The molecule has 0 aromatic rings. The lowest BCUT2D eigenvalue weighted by atomic mass is 9.77. The van der Waals surface area contributed by atoms with E-state index in [0.717, 1.165) is 12.8 Å². The summed E-state index contributed by atoms with van der Waals surface area (Å²) in [6.45, 7) is 6.31. The van der Waals surface area contributed by atoms with Crippen molar-refractivity contribution in [3.05, 3.63) is 0 Å². The maximum Gasteiger partial charge on any atom is 0.407 e. The lowest BCUT2D eigenvalue weighted by Gasteiger charge is -2.34. The number of hydrogen-bond donors (Lipinski definition) is 2. The van der Waals surface area contributed by atoms with Crippen molar-refractivity contribution in [1.29, 1.82) is 0 Å². The molecule has 1 atom stereocenters. The quantitative estimate of drug-likeness (QED) is 0.832. The number of hydrogen-bond acceptors (Lipinski definition) is 3. The highest BCUT2D eigenvalue weighted by molar-refractivity contribution is 5.67. The fraction of sp³-hybridized carbons (Fsp3) is 0.938. The molecule has 0 aromatic heterocycles. The molecule has 0 bridgehead atoms. The second-order valence-electron chi connectivity index (χ2n) is 7.64. The lowest BCUT2D eigenvalue weighted by molar-refractivity contribution is 0.0508. The zero-order valence-electron chi connectivity index (χ0n) is 13.2. The Balaban J connectivity index is 1.80. The molecule has 116 valence electrons. The highest BCUT2D eigenvalue weighted by atomic mass is 16.6. The first-order valence-electron chi connectivity index (χ1n) is 8.05. The van der Waals surface area contributed by atoms with E-state index in [1.54, 1.807) is 0 Å².